The molecule has 1 rings (SSSR count). The molecular weight excluding hydrogens is 563 g/mol. The Kier molecular flexibility index (Phi) is 20.3. The molecule has 0 heterocycles. The standard InChI is InChI=1S/C31H51O10P/c1-3-5-7-8-13-17-30(34)39-23-27(24-40-42(36,37)38)41-31(35)18-14-10-9-12-15-25-19-22-29(33)28(25)21-20-26(32)16-11-6-4-2/h9,12,19-22,25-28,32H,3-8,10-11,13-18,23-24H2,1-2H3,(H2,36,37,38)/b12-9-,21-20+/t25-,26-,27+,28+/m0/s1. The maximum absolute atomic E-state index is 12.3. The molecule has 0 saturated heterocycles. The van der Waals surface area contributed by atoms with Crippen molar-refractivity contribution in [2.75, 3.05) is 13.2 Å². The zero-order valence-electron chi connectivity index (χ0n) is 25.2. The SMILES string of the molecule is CCCCCCCC(=O)OC[C@H](COP(=O)(O)O)OC(=O)CCC/C=C\C[C@H]1C=CC(=O)[C@@H]1/C=C/[C@@H](O)CCCCC. The van der Waals surface area contributed by atoms with Gasteiger partial charge >= 0.3 is 19.8 Å². The molecule has 4 atom stereocenters. The highest BCUT2D eigenvalue weighted by molar-refractivity contribution is 7.46. The molecule has 1 aliphatic carbocycles. The quantitative estimate of drug-likeness (QED) is 0.0518. The number of rotatable bonds is 24. The number of phosphoric acid groups is 1. The van der Waals surface area contributed by atoms with Crippen molar-refractivity contribution in [3.8, 4) is 0 Å². The number of carbonyl (C=O) groups is 3. The molecule has 0 fully saturated rings. The number of hydrogen-bond donors (Lipinski definition) is 3. The Morgan fingerprint density at radius 1 is 0.952 bits per heavy atom. The summed E-state index contributed by atoms with van der Waals surface area (Å²) in [6.45, 7) is 3.26. The van der Waals surface area contributed by atoms with Gasteiger partial charge in [0, 0.05) is 18.8 Å². The number of ketones is 1. The minimum Gasteiger partial charge on any atom is -0.462 e. The van der Waals surface area contributed by atoms with E-state index in [0.29, 0.717) is 32.1 Å². The Balaban J connectivity index is 2.42. The monoisotopic (exact) mass is 614 g/mol. The summed E-state index contributed by atoms with van der Waals surface area (Å²) < 4.78 is 26.0. The molecule has 0 bridgehead atoms. The molecule has 11 heteroatoms. The summed E-state index contributed by atoms with van der Waals surface area (Å²) in [6, 6.07) is 0. The maximum atomic E-state index is 12.3. The average molecular weight is 615 g/mol. The van der Waals surface area contributed by atoms with E-state index in [1.165, 1.54) is 0 Å². The van der Waals surface area contributed by atoms with Crippen LogP contribution in [0.5, 0.6) is 0 Å². The van der Waals surface area contributed by atoms with Gasteiger partial charge in [-0.3, -0.25) is 18.9 Å². The van der Waals surface area contributed by atoms with Gasteiger partial charge in [0.25, 0.3) is 0 Å². The van der Waals surface area contributed by atoms with E-state index in [-0.39, 0.29) is 37.1 Å². The minimum atomic E-state index is -4.79. The van der Waals surface area contributed by atoms with Crippen molar-refractivity contribution in [1.29, 1.82) is 0 Å². The fourth-order valence-corrected chi connectivity index (χ4v) is 4.84. The highest BCUT2D eigenvalue weighted by atomic mass is 31.2. The van der Waals surface area contributed by atoms with Gasteiger partial charge in [-0.25, -0.2) is 4.57 Å². The van der Waals surface area contributed by atoms with Gasteiger partial charge in [0.05, 0.1) is 12.7 Å². The van der Waals surface area contributed by atoms with Crippen molar-refractivity contribution < 1.29 is 47.8 Å². The van der Waals surface area contributed by atoms with Gasteiger partial charge in [-0.1, -0.05) is 89.2 Å². The first-order valence-electron chi connectivity index (χ1n) is 15.3. The second-order valence-electron chi connectivity index (χ2n) is 10.7. The van der Waals surface area contributed by atoms with E-state index in [1.54, 1.807) is 12.2 Å². The van der Waals surface area contributed by atoms with Crippen LogP contribution in [0, 0.1) is 11.8 Å². The van der Waals surface area contributed by atoms with Gasteiger partial charge in [0.2, 0.25) is 0 Å². The normalized spacial score (nSPS) is 18.6. The molecule has 0 amide bonds. The number of aliphatic hydroxyl groups is 1. The summed E-state index contributed by atoms with van der Waals surface area (Å²) in [5.41, 5.74) is 0. The predicted molar refractivity (Wildman–Crippen MR) is 160 cm³/mol. The fraction of sp³-hybridized carbons (Fsp3) is 0.710. The number of hydrogen-bond acceptors (Lipinski definition) is 8. The molecule has 0 aromatic carbocycles. The molecule has 10 nitrogen and oxygen atoms in total. The molecule has 0 saturated carbocycles. The molecule has 0 radical (unpaired) electrons. The van der Waals surface area contributed by atoms with E-state index >= 15 is 0 Å². The van der Waals surface area contributed by atoms with E-state index in [9.17, 15) is 24.1 Å². The van der Waals surface area contributed by atoms with Gasteiger partial charge in [-0.2, -0.15) is 0 Å². The van der Waals surface area contributed by atoms with Crippen molar-refractivity contribution in [3.05, 3.63) is 36.5 Å². The van der Waals surface area contributed by atoms with Crippen LogP contribution in [-0.4, -0.2) is 58.0 Å². The largest absolute Gasteiger partial charge is 0.469 e. The number of aliphatic hydroxyl groups excluding tert-OH is 1. The first-order valence-corrected chi connectivity index (χ1v) is 16.9. The average Bonchev–Trinajstić information content (AvgIpc) is 3.29. The lowest BCUT2D eigenvalue weighted by Crippen LogP contribution is -2.29. The Hall–Kier alpha value is -2.10. The van der Waals surface area contributed by atoms with Crippen LogP contribution in [0.15, 0.2) is 36.5 Å². The zero-order valence-corrected chi connectivity index (χ0v) is 26.1. The van der Waals surface area contributed by atoms with E-state index in [0.717, 1.165) is 44.9 Å². The summed E-state index contributed by atoms with van der Waals surface area (Å²) in [5.74, 6) is -1.29. The Bertz CT molecular complexity index is 923. The smallest absolute Gasteiger partial charge is 0.462 e. The molecule has 0 spiro atoms. The Labute approximate surface area is 250 Å². The summed E-state index contributed by atoms with van der Waals surface area (Å²) >= 11 is 0. The van der Waals surface area contributed by atoms with Crippen LogP contribution in [0.25, 0.3) is 0 Å². The number of carbonyl (C=O) groups excluding carboxylic acids is 3. The second-order valence-corrected chi connectivity index (χ2v) is 12.0. The van der Waals surface area contributed by atoms with Gasteiger partial charge in [-0.05, 0) is 44.1 Å². The van der Waals surface area contributed by atoms with Gasteiger partial charge in [-0.15, -0.1) is 0 Å². The van der Waals surface area contributed by atoms with Crippen LogP contribution >= 0.6 is 7.82 Å². The number of ether oxygens (including phenoxy) is 2. The van der Waals surface area contributed by atoms with Crippen LogP contribution in [-0.2, 0) is 32.9 Å². The van der Waals surface area contributed by atoms with Crippen LogP contribution in [0.4, 0.5) is 0 Å². The van der Waals surface area contributed by atoms with Crippen molar-refractivity contribution in [1.82, 2.24) is 0 Å². The molecule has 0 aromatic rings. The Morgan fingerprint density at radius 2 is 1.64 bits per heavy atom. The number of phosphoric ester groups is 1. The third kappa shape index (κ3) is 19.2. The number of unbranched alkanes of at least 4 members (excludes halogenated alkanes) is 7. The lowest BCUT2D eigenvalue weighted by atomic mass is 9.90. The van der Waals surface area contributed by atoms with Crippen molar-refractivity contribution in [2.24, 2.45) is 11.8 Å². The third-order valence-corrected chi connectivity index (χ3v) is 7.39. The number of esters is 2. The molecule has 240 valence electrons. The lowest BCUT2D eigenvalue weighted by Gasteiger charge is -2.18. The lowest BCUT2D eigenvalue weighted by molar-refractivity contribution is -0.161. The van der Waals surface area contributed by atoms with Crippen LogP contribution in [0.1, 0.15) is 104 Å². The van der Waals surface area contributed by atoms with Crippen molar-refractivity contribution in [3.63, 3.8) is 0 Å². The van der Waals surface area contributed by atoms with E-state index in [4.69, 9.17) is 19.3 Å². The second kappa shape index (κ2) is 22.4. The molecule has 42 heavy (non-hydrogen) atoms. The van der Waals surface area contributed by atoms with Crippen molar-refractivity contribution in [2.45, 2.75) is 116 Å². The Morgan fingerprint density at radius 3 is 2.36 bits per heavy atom. The highest BCUT2D eigenvalue weighted by Gasteiger charge is 2.27. The van der Waals surface area contributed by atoms with E-state index < -0.39 is 38.6 Å². The fourth-order valence-electron chi connectivity index (χ4n) is 4.48. The van der Waals surface area contributed by atoms with E-state index in [1.807, 2.05) is 24.3 Å². The molecule has 3 N–H and O–H groups in total. The first kappa shape index (κ1) is 37.9. The summed E-state index contributed by atoms with van der Waals surface area (Å²) in [4.78, 5) is 54.5. The van der Waals surface area contributed by atoms with Crippen molar-refractivity contribution >= 4 is 25.5 Å². The molecular formula is C31H51O10P. The van der Waals surface area contributed by atoms with Crippen LogP contribution in [0.3, 0.4) is 0 Å². The summed E-state index contributed by atoms with van der Waals surface area (Å²) in [7, 11) is -4.79. The van der Waals surface area contributed by atoms with Crippen LogP contribution in [0.2, 0.25) is 0 Å². The third-order valence-electron chi connectivity index (χ3n) is 6.91. The maximum Gasteiger partial charge on any atom is 0.469 e. The van der Waals surface area contributed by atoms with E-state index in [2.05, 4.69) is 18.4 Å². The number of allylic oxidation sites excluding steroid dienone is 5. The molecule has 0 aromatic heterocycles. The summed E-state index contributed by atoms with van der Waals surface area (Å²) in [6.07, 6.45) is 19.9. The van der Waals surface area contributed by atoms with Gasteiger partial charge < -0.3 is 24.4 Å². The van der Waals surface area contributed by atoms with Crippen LogP contribution < -0.4 is 0 Å². The molecule has 1 aliphatic rings. The summed E-state index contributed by atoms with van der Waals surface area (Å²) in [5, 5.41) is 10.1. The van der Waals surface area contributed by atoms with Gasteiger partial charge in [0.1, 0.15) is 6.61 Å². The molecule has 0 aliphatic heterocycles. The highest BCUT2D eigenvalue weighted by Crippen LogP contribution is 2.36. The minimum absolute atomic E-state index is 0.0200. The predicted octanol–water partition coefficient (Wildman–Crippen LogP) is 5.90. The zero-order chi connectivity index (χ0) is 31.2. The topological polar surface area (TPSA) is 157 Å². The first-order chi connectivity index (χ1) is 20.1. The molecule has 0 unspecified atom stereocenters. The van der Waals surface area contributed by atoms with Gasteiger partial charge in [0.15, 0.2) is 11.9 Å².